The van der Waals surface area contributed by atoms with Crippen molar-refractivity contribution in [3.8, 4) is 0 Å². The number of cyclic esters (lactones) is 1. The Bertz CT molecular complexity index is 1370. The quantitative estimate of drug-likeness (QED) is 0.134. The molecule has 5 N–H and O–H groups in total. The Balaban J connectivity index is 2.18. The lowest BCUT2D eigenvalue weighted by Crippen LogP contribution is -2.62. The number of likely N-dealkylation sites (N-methyl/N-ethyl adjacent to an activating group) is 3. The normalized spacial score (nSPS) is 44.0. The van der Waals surface area contributed by atoms with Crippen molar-refractivity contribution in [2.45, 2.75) is 185 Å². The van der Waals surface area contributed by atoms with Gasteiger partial charge < -0.3 is 68.9 Å². The molecular formula is C45H86N4O12. The van der Waals surface area contributed by atoms with Crippen LogP contribution in [0.25, 0.3) is 0 Å². The van der Waals surface area contributed by atoms with Crippen LogP contribution in [-0.4, -0.2) is 200 Å². The lowest BCUT2D eigenvalue weighted by molar-refractivity contribution is -0.308. The van der Waals surface area contributed by atoms with Crippen LogP contribution in [0.3, 0.4) is 0 Å². The fraction of sp³-hybridized carbons (Fsp3) is 0.956. The van der Waals surface area contributed by atoms with Crippen LogP contribution >= 0.6 is 0 Å². The molecule has 1 amide bonds. The van der Waals surface area contributed by atoms with E-state index in [0.29, 0.717) is 32.5 Å². The molecule has 3 aliphatic heterocycles. The highest BCUT2D eigenvalue weighted by atomic mass is 16.7. The molecule has 3 rings (SSSR count). The van der Waals surface area contributed by atoms with E-state index in [-0.39, 0.29) is 49.8 Å². The van der Waals surface area contributed by atoms with E-state index >= 15 is 0 Å². The first-order valence-electron chi connectivity index (χ1n) is 22.6. The maximum atomic E-state index is 14.6. The third-order valence-electron chi connectivity index (χ3n) is 13.9. The largest absolute Gasteiger partial charge is 0.459 e. The van der Waals surface area contributed by atoms with Crippen molar-refractivity contribution in [1.82, 2.24) is 20.0 Å². The van der Waals surface area contributed by atoms with E-state index in [2.05, 4.69) is 10.2 Å². The molecule has 3 aliphatic rings. The van der Waals surface area contributed by atoms with Gasteiger partial charge in [0.15, 0.2) is 6.29 Å². The second-order valence-electron chi connectivity index (χ2n) is 20.0. The molecule has 61 heavy (non-hydrogen) atoms. The molecule has 16 heteroatoms. The summed E-state index contributed by atoms with van der Waals surface area (Å²) in [7, 11) is 11.1. The highest BCUT2D eigenvalue weighted by Crippen LogP contribution is 2.45. The highest BCUT2D eigenvalue weighted by Gasteiger charge is 2.55. The summed E-state index contributed by atoms with van der Waals surface area (Å²) in [6, 6.07) is -0.652. The molecule has 0 aliphatic carbocycles. The monoisotopic (exact) mass is 875 g/mol. The zero-order chi connectivity index (χ0) is 46.4. The Morgan fingerprint density at radius 3 is 2.20 bits per heavy atom. The van der Waals surface area contributed by atoms with Gasteiger partial charge in [-0.25, -0.2) is 0 Å². The van der Waals surface area contributed by atoms with Gasteiger partial charge in [0.2, 0.25) is 5.91 Å². The fourth-order valence-electron chi connectivity index (χ4n) is 10.3. The van der Waals surface area contributed by atoms with Crippen molar-refractivity contribution in [2.75, 3.05) is 68.6 Å². The summed E-state index contributed by atoms with van der Waals surface area (Å²) in [5.74, 6) is -2.98. The molecule has 0 aromatic heterocycles. The predicted octanol–water partition coefficient (Wildman–Crippen LogP) is 2.27. The molecule has 0 aromatic carbocycles. The number of nitrogens with one attached hydrogen (secondary N) is 1. The van der Waals surface area contributed by atoms with Gasteiger partial charge in [-0.05, 0) is 114 Å². The van der Waals surface area contributed by atoms with E-state index in [9.17, 15) is 30.0 Å². The van der Waals surface area contributed by atoms with Gasteiger partial charge in [-0.3, -0.25) is 9.59 Å². The maximum absolute atomic E-state index is 14.6. The molecule has 0 radical (unpaired) electrons. The van der Waals surface area contributed by atoms with Gasteiger partial charge in [0.25, 0.3) is 0 Å². The van der Waals surface area contributed by atoms with Gasteiger partial charge in [-0.2, -0.15) is 0 Å². The molecule has 0 aromatic rings. The second kappa shape index (κ2) is 22.6. The first kappa shape index (κ1) is 53.8. The van der Waals surface area contributed by atoms with E-state index in [1.54, 1.807) is 34.8 Å². The number of amides is 1. The van der Waals surface area contributed by atoms with E-state index in [1.807, 2.05) is 79.7 Å². The second-order valence-corrected chi connectivity index (χ2v) is 20.0. The number of rotatable bonds is 13. The number of hydrogen-bond acceptors (Lipinski definition) is 15. The van der Waals surface area contributed by atoms with E-state index in [4.69, 9.17) is 28.4 Å². The van der Waals surface area contributed by atoms with Gasteiger partial charge in [-0.1, -0.05) is 27.7 Å². The number of aliphatic hydroxyl groups excluding tert-OH is 2. The average Bonchev–Trinajstić information content (AvgIpc) is 3.16. The Morgan fingerprint density at radius 1 is 0.984 bits per heavy atom. The first-order valence-corrected chi connectivity index (χ1v) is 22.6. The third kappa shape index (κ3) is 13.5. The summed E-state index contributed by atoms with van der Waals surface area (Å²) in [5, 5.41) is 50.7. The molecule has 1 unspecified atom stereocenters. The van der Waals surface area contributed by atoms with Crippen molar-refractivity contribution in [3.63, 3.8) is 0 Å². The van der Waals surface area contributed by atoms with Crippen LogP contribution in [0.1, 0.15) is 101 Å². The number of aliphatic hydroxyl groups is 4. The molecular weight excluding hydrogens is 789 g/mol. The third-order valence-corrected chi connectivity index (χ3v) is 13.9. The topological polar surface area (TPSA) is 192 Å². The summed E-state index contributed by atoms with van der Waals surface area (Å²) in [6.45, 7) is 19.7. The summed E-state index contributed by atoms with van der Waals surface area (Å²) in [6.07, 6.45) is -5.36. The minimum absolute atomic E-state index is 0.0705. The molecule has 0 spiro atoms. The van der Waals surface area contributed by atoms with Crippen LogP contribution in [0.4, 0.5) is 0 Å². The lowest BCUT2D eigenvalue weighted by Gasteiger charge is -2.51. The molecule has 0 saturated carbocycles. The average molecular weight is 875 g/mol. The summed E-state index contributed by atoms with van der Waals surface area (Å²) >= 11 is 0. The number of ether oxygens (including phenoxy) is 6. The maximum Gasteiger partial charge on any atom is 0.309 e. The molecule has 358 valence electrons. The number of nitrogens with zero attached hydrogens (tertiary/aromatic N) is 3. The molecule has 3 fully saturated rings. The minimum Gasteiger partial charge on any atom is -0.459 e. The predicted molar refractivity (Wildman–Crippen MR) is 233 cm³/mol. The van der Waals surface area contributed by atoms with Crippen molar-refractivity contribution < 1.29 is 58.4 Å². The Labute approximate surface area is 367 Å². The smallest absolute Gasteiger partial charge is 0.309 e. The van der Waals surface area contributed by atoms with Crippen LogP contribution in [0.2, 0.25) is 0 Å². The van der Waals surface area contributed by atoms with E-state index < -0.39 is 95.6 Å². The first-order chi connectivity index (χ1) is 28.2. The van der Waals surface area contributed by atoms with Crippen molar-refractivity contribution in [2.24, 2.45) is 23.7 Å². The van der Waals surface area contributed by atoms with Gasteiger partial charge in [-0.15, -0.1) is 0 Å². The number of methoxy groups -OCH3 is 1. The van der Waals surface area contributed by atoms with Crippen LogP contribution < -0.4 is 5.32 Å². The van der Waals surface area contributed by atoms with Gasteiger partial charge in [0.05, 0.1) is 48.1 Å². The summed E-state index contributed by atoms with van der Waals surface area (Å²) in [4.78, 5) is 32.7. The Kier molecular flexibility index (Phi) is 19.9. The number of carbonyl (C=O) groups is 2. The summed E-state index contributed by atoms with van der Waals surface area (Å²) in [5.41, 5.74) is -4.34. The standard InChI is InChI=1S/C45H86N4O12/c1-17-34-45(10,55)38(51)30(6)49(15)24-26(2)22-43(8,54)40(28(4)36(29(5)41(53)60-34)33-23-44(9,56-16)39(52)31(7)59-33)61-42-37(32(48(13)14)21-27(3)58-42)57-20-18-19-46-35(50)25-47(11)12/h26-34,36-40,42,51-52,54-55H,17-25H2,1-16H3,(H,46,50)/t26-,27-,28+,29-,30-,31+,32+,33?,34-,36+,37-,38-,39+,40-,42+,43-,44-,45-/m1/s1. The van der Waals surface area contributed by atoms with Crippen molar-refractivity contribution in [3.05, 3.63) is 0 Å². The van der Waals surface area contributed by atoms with Gasteiger partial charge in [0.1, 0.15) is 30.0 Å². The van der Waals surface area contributed by atoms with E-state index in [1.165, 1.54) is 6.92 Å². The lowest BCUT2D eigenvalue weighted by atomic mass is 9.68. The van der Waals surface area contributed by atoms with Crippen LogP contribution in [0.5, 0.6) is 0 Å². The number of esters is 1. The minimum atomic E-state index is -1.79. The SMILES string of the molecule is CC[C@H]1OC(=O)[C@H](C)[C@@H](C2C[C@@](C)(OC)[C@@H](O)[C@H](C)O2)[C@H](C)[C@@H](O[C@@H]2O[C@H](C)C[C@H](N(C)C)[C@H]2OCCCNC(=O)CN(C)C)[C@](C)(O)C[C@@H](C)CN(C)[C@H](C)[C@@H](O)[C@]1(C)O. The van der Waals surface area contributed by atoms with Crippen LogP contribution in [0, 0.1) is 23.7 Å². The van der Waals surface area contributed by atoms with Crippen LogP contribution in [0.15, 0.2) is 0 Å². The zero-order valence-corrected chi connectivity index (χ0v) is 40.4. The Morgan fingerprint density at radius 2 is 1.62 bits per heavy atom. The molecule has 0 bridgehead atoms. The molecule has 3 heterocycles. The van der Waals surface area contributed by atoms with Gasteiger partial charge in [0, 0.05) is 51.2 Å². The van der Waals surface area contributed by atoms with E-state index in [0.717, 1.165) is 0 Å². The molecule has 3 saturated heterocycles. The zero-order valence-electron chi connectivity index (χ0n) is 40.4. The van der Waals surface area contributed by atoms with Gasteiger partial charge >= 0.3 is 5.97 Å². The fourth-order valence-corrected chi connectivity index (χ4v) is 10.3. The summed E-state index contributed by atoms with van der Waals surface area (Å²) < 4.78 is 39.2. The van der Waals surface area contributed by atoms with Crippen LogP contribution in [-0.2, 0) is 38.0 Å². The highest BCUT2D eigenvalue weighted by molar-refractivity contribution is 5.77. The Hall–Kier alpha value is -1.54. The molecule has 18 atom stereocenters. The molecule has 16 nitrogen and oxygen atoms in total. The van der Waals surface area contributed by atoms with Crippen molar-refractivity contribution >= 4 is 11.9 Å². The number of hydrogen-bond donors (Lipinski definition) is 5. The number of carbonyl (C=O) groups excluding carboxylic acids is 2. The van der Waals surface area contributed by atoms with Crippen molar-refractivity contribution in [1.29, 1.82) is 0 Å².